The molecule has 4 aromatic rings. The zero-order valence-corrected chi connectivity index (χ0v) is 24.2. The van der Waals surface area contributed by atoms with Crippen molar-refractivity contribution in [3.8, 4) is 0 Å². The average molecular weight is 499 g/mol. The van der Waals surface area contributed by atoms with Crippen LogP contribution < -0.4 is 0 Å². The van der Waals surface area contributed by atoms with Crippen LogP contribution >= 0.6 is 0 Å². The normalized spacial score (nSPS) is 15.0. The Morgan fingerprint density at radius 2 is 0.676 bits per heavy atom. The van der Waals surface area contributed by atoms with Crippen molar-refractivity contribution in [3.05, 3.63) is 142 Å². The minimum atomic E-state index is -2.16. The first-order chi connectivity index (χ1) is 17.9. The number of benzene rings is 4. The van der Waals surface area contributed by atoms with Crippen LogP contribution in [-0.4, -0.2) is 8.07 Å². The molecule has 0 spiro atoms. The molecule has 37 heavy (non-hydrogen) atoms. The van der Waals surface area contributed by atoms with Crippen LogP contribution in [0.5, 0.6) is 0 Å². The smallest absolute Gasteiger partial charge is 0.0672 e. The van der Waals surface area contributed by atoms with Gasteiger partial charge >= 0.3 is 0 Å². The third-order valence-corrected chi connectivity index (χ3v) is 13.9. The van der Waals surface area contributed by atoms with Crippen LogP contribution in [0.2, 0.25) is 12.1 Å². The molecule has 0 unspecified atom stereocenters. The van der Waals surface area contributed by atoms with E-state index in [1.54, 1.807) is 10.4 Å². The van der Waals surface area contributed by atoms with Gasteiger partial charge in [0.25, 0.3) is 0 Å². The highest BCUT2D eigenvalue weighted by Crippen LogP contribution is 2.59. The van der Waals surface area contributed by atoms with E-state index in [0.717, 1.165) is 0 Å². The molecule has 0 aromatic heterocycles. The number of hydrogen-bond acceptors (Lipinski definition) is 0. The first-order valence-electron chi connectivity index (χ1n) is 13.7. The average Bonchev–Trinajstić information content (AvgIpc) is 3.20. The lowest BCUT2D eigenvalue weighted by atomic mass is 9.85. The van der Waals surface area contributed by atoms with Crippen LogP contribution in [0.25, 0.3) is 21.5 Å². The van der Waals surface area contributed by atoms with E-state index < -0.39 is 8.07 Å². The molecule has 0 saturated carbocycles. The van der Waals surface area contributed by atoms with E-state index in [1.165, 1.54) is 67.7 Å². The molecule has 1 heterocycles. The standard InChI is InChI=1S/C36H38Si/c1-7-37(8-2)35(31-23-15-11-19-27(31)5)33(29-21-13-9-17-25(29)3)34(30-22-14-10-18-26(30)4)36(37)32-24-16-12-20-28(32)6/h9-24H,7-8H2,1-6H3. The number of hydrogen-bond donors (Lipinski definition) is 0. The fourth-order valence-electron chi connectivity index (χ4n) is 6.55. The lowest BCUT2D eigenvalue weighted by Gasteiger charge is -2.34. The van der Waals surface area contributed by atoms with Gasteiger partial charge in [0.15, 0.2) is 0 Å². The Morgan fingerprint density at radius 1 is 0.405 bits per heavy atom. The zero-order chi connectivity index (χ0) is 26.2. The molecule has 5 rings (SSSR count). The van der Waals surface area contributed by atoms with Gasteiger partial charge in [0.05, 0.1) is 0 Å². The fourth-order valence-corrected chi connectivity index (χ4v) is 11.8. The number of rotatable bonds is 6. The molecule has 0 amide bonds. The highest BCUT2D eigenvalue weighted by molar-refractivity contribution is 7.14. The summed E-state index contributed by atoms with van der Waals surface area (Å²) < 4.78 is 0. The minimum absolute atomic E-state index is 1.18. The van der Waals surface area contributed by atoms with Gasteiger partial charge in [-0.05, 0) is 93.7 Å². The summed E-state index contributed by atoms with van der Waals surface area (Å²) in [4.78, 5) is 0. The lowest BCUT2D eigenvalue weighted by molar-refractivity contribution is 1.29. The molecule has 0 radical (unpaired) electrons. The van der Waals surface area contributed by atoms with E-state index in [1.807, 2.05) is 0 Å². The molecule has 0 nitrogen and oxygen atoms in total. The molecular weight excluding hydrogens is 460 g/mol. The van der Waals surface area contributed by atoms with Gasteiger partial charge < -0.3 is 0 Å². The summed E-state index contributed by atoms with van der Waals surface area (Å²) in [6, 6.07) is 38.6. The van der Waals surface area contributed by atoms with E-state index in [4.69, 9.17) is 0 Å². The van der Waals surface area contributed by atoms with Crippen molar-refractivity contribution in [2.24, 2.45) is 0 Å². The summed E-state index contributed by atoms with van der Waals surface area (Å²) >= 11 is 0. The van der Waals surface area contributed by atoms with Gasteiger partial charge in [0.2, 0.25) is 0 Å². The highest BCUT2D eigenvalue weighted by Gasteiger charge is 2.48. The van der Waals surface area contributed by atoms with Crippen molar-refractivity contribution in [3.63, 3.8) is 0 Å². The van der Waals surface area contributed by atoms with Gasteiger partial charge in [-0.1, -0.05) is 123 Å². The maximum atomic E-state index is 2.45. The summed E-state index contributed by atoms with van der Waals surface area (Å²) in [5.74, 6) is 0. The Bertz CT molecular complexity index is 1410. The monoisotopic (exact) mass is 498 g/mol. The predicted octanol–water partition coefficient (Wildman–Crippen LogP) is 10.0. The molecule has 0 bridgehead atoms. The first-order valence-corrected chi connectivity index (χ1v) is 16.1. The molecule has 1 aliphatic rings. The second-order valence-electron chi connectivity index (χ2n) is 10.5. The van der Waals surface area contributed by atoms with Crippen molar-refractivity contribution in [1.29, 1.82) is 0 Å². The Morgan fingerprint density at radius 3 is 0.946 bits per heavy atom. The Kier molecular flexibility index (Phi) is 6.92. The Balaban J connectivity index is 2.06. The van der Waals surface area contributed by atoms with Gasteiger partial charge in [0.1, 0.15) is 8.07 Å². The van der Waals surface area contributed by atoms with Crippen LogP contribution in [0.1, 0.15) is 58.4 Å². The number of aryl methyl sites for hydroxylation is 4. The van der Waals surface area contributed by atoms with Gasteiger partial charge in [-0.25, -0.2) is 0 Å². The molecule has 0 saturated heterocycles. The van der Waals surface area contributed by atoms with Crippen molar-refractivity contribution >= 4 is 29.6 Å². The second kappa shape index (κ2) is 10.1. The SMILES string of the molecule is CC[Si]1(CC)C(c2ccccc2C)=C(c2ccccc2C)C(c2ccccc2C)=C1c1ccccc1C. The second-order valence-corrected chi connectivity index (χ2v) is 15.1. The van der Waals surface area contributed by atoms with E-state index >= 15 is 0 Å². The Labute approximate surface area is 224 Å². The molecule has 1 heteroatoms. The molecule has 0 N–H and O–H groups in total. The summed E-state index contributed by atoms with van der Waals surface area (Å²) in [5, 5.41) is 3.25. The number of allylic oxidation sites excluding steroid dienone is 2. The van der Waals surface area contributed by atoms with E-state index in [9.17, 15) is 0 Å². The van der Waals surface area contributed by atoms with Crippen molar-refractivity contribution in [2.45, 2.75) is 53.6 Å². The van der Waals surface area contributed by atoms with Gasteiger partial charge in [-0.3, -0.25) is 0 Å². The van der Waals surface area contributed by atoms with Gasteiger partial charge in [-0.15, -0.1) is 0 Å². The summed E-state index contributed by atoms with van der Waals surface area (Å²) in [7, 11) is -2.16. The molecule has 1 aliphatic heterocycles. The topological polar surface area (TPSA) is 0 Å². The van der Waals surface area contributed by atoms with Crippen LogP contribution in [-0.2, 0) is 0 Å². The van der Waals surface area contributed by atoms with E-state index in [-0.39, 0.29) is 0 Å². The third kappa shape index (κ3) is 4.06. The Hall–Kier alpha value is -3.42. The van der Waals surface area contributed by atoms with Crippen molar-refractivity contribution in [1.82, 2.24) is 0 Å². The van der Waals surface area contributed by atoms with Crippen molar-refractivity contribution < 1.29 is 0 Å². The molecule has 0 fully saturated rings. The molecule has 4 aromatic carbocycles. The predicted molar refractivity (Wildman–Crippen MR) is 165 cm³/mol. The largest absolute Gasteiger partial charge is 0.120 e. The maximum absolute atomic E-state index is 2.45. The maximum Gasteiger partial charge on any atom is 0.120 e. The quantitative estimate of drug-likeness (QED) is 0.232. The summed E-state index contributed by atoms with van der Waals surface area (Å²) in [6.07, 6.45) is 0. The summed E-state index contributed by atoms with van der Waals surface area (Å²) in [5.41, 5.74) is 14.0. The highest BCUT2D eigenvalue weighted by atomic mass is 28.3. The lowest BCUT2D eigenvalue weighted by Crippen LogP contribution is -2.35. The van der Waals surface area contributed by atoms with Crippen LogP contribution in [0.3, 0.4) is 0 Å². The fraction of sp³-hybridized carbons (Fsp3) is 0.222. The molecule has 0 aliphatic carbocycles. The van der Waals surface area contributed by atoms with Crippen LogP contribution in [0.15, 0.2) is 97.1 Å². The molecule has 186 valence electrons. The zero-order valence-electron chi connectivity index (χ0n) is 23.2. The third-order valence-electron chi connectivity index (χ3n) is 8.57. The van der Waals surface area contributed by atoms with E-state index in [2.05, 4.69) is 139 Å². The van der Waals surface area contributed by atoms with Crippen LogP contribution in [0, 0.1) is 27.7 Å². The molecular formula is C36H38Si. The molecule has 0 atom stereocenters. The summed E-state index contributed by atoms with van der Waals surface area (Å²) in [6.45, 7) is 14.0. The van der Waals surface area contributed by atoms with Gasteiger partial charge in [0, 0.05) is 0 Å². The van der Waals surface area contributed by atoms with Crippen LogP contribution in [0.4, 0.5) is 0 Å². The van der Waals surface area contributed by atoms with E-state index in [0.29, 0.717) is 0 Å². The minimum Gasteiger partial charge on any atom is -0.0672 e. The van der Waals surface area contributed by atoms with Gasteiger partial charge in [-0.2, -0.15) is 0 Å². The first kappa shape index (κ1) is 25.2. The van der Waals surface area contributed by atoms with Crippen molar-refractivity contribution in [2.75, 3.05) is 0 Å².